The van der Waals surface area contributed by atoms with Crippen LogP contribution in [0.3, 0.4) is 0 Å². The summed E-state index contributed by atoms with van der Waals surface area (Å²) < 4.78 is 5.14. The molecule has 1 aliphatic rings. The van der Waals surface area contributed by atoms with E-state index in [2.05, 4.69) is 27.7 Å². The molecule has 1 aliphatic heterocycles. The summed E-state index contributed by atoms with van der Waals surface area (Å²) in [5.41, 5.74) is 0.977. The zero-order valence-electron chi connectivity index (χ0n) is 14.5. The number of ether oxygens (including phenoxy) is 1. The highest BCUT2D eigenvalue weighted by molar-refractivity contribution is 7.10. The van der Waals surface area contributed by atoms with E-state index >= 15 is 0 Å². The van der Waals surface area contributed by atoms with Crippen LogP contribution in [0.25, 0.3) is 6.08 Å². The number of likely N-dealkylation sites (tertiary alicyclic amines) is 1. The van der Waals surface area contributed by atoms with Crippen LogP contribution in [0.2, 0.25) is 0 Å². The summed E-state index contributed by atoms with van der Waals surface area (Å²) in [4.78, 5) is 16.0. The van der Waals surface area contributed by atoms with Gasteiger partial charge in [-0.15, -0.1) is 11.3 Å². The topological polar surface area (TPSA) is 41.6 Å². The summed E-state index contributed by atoms with van der Waals surface area (Å²) in [5.74, 6) is 0.752. The van der Waals surface area contributed by atoms with E-state index in [0.29, 0.717) is 6.54 Å². The molecule has 0 unspecified atom stereocenters. The van der Waals surface area contributed by atoms with E-state index < -0.39 is 0 Å². The molecule has 1 atom stereocenters. The summed E-state index contributed by atoms with van der Waals surface area (Å²) in [6, 6.07) is 12.2. The van der Waals surface area contributed by atoms with Gasteiger partial charge in [-0.05, 0) is 61.1 Å². The van der Waals surface area contributed by atoms with Gasteiger partial charge >= 0.3 is 0 Å². The Kier molecular flexibility index (Phi) is 6.25. The third-order valence-electron chi connectivity index (χ3n) is 4.47. The summed E-state index contributed by atoms with van der Waals surface area (Å²) >= 11 is 1.76. The molecule has 0 bridgehead atoms. The van der Waals surface area contributed by atoms with Gasteiger partial charge in [0.05, 0.1) is 13.2 Å². The van der Waals surface area contributed by atoms with Crippen LogP contribution >= 0.6 is 11.3 Å². The van der Waals surface area contributed by atoms with Crippen LogP contribution in [-0.2, 0) is 4.79 Å². The first-order chi connectivity index (χ1) is 12.3. The second kappa shape index (κ2) is 8.83. The van der Waals surface area contributed by atoms with Gasteiger partial charge in [0.1, 0.15) is 5.75 Å². The molecular weight excluding hydrogens is 332 g/mol. The first-order valence-electron chi connectivity index (χ1n) is 8.63. The molecule has 1 aromatic carbocycles. The first kappa shape index (κ1) is 17.7. The Balaban J connectivity index is 1.56. The molecule has 0 radical (unpaired) electrons. The van der Waals surface area contributed by atoms with Crippen LogP contribution < -0.4 is 10.1 Å². The third-order valence-corrected chi connectivity index (χ3v) is 5.44. The fourth-order valence-corrected chi connectivity index (χ4v) is 3.95. The van der Waals surface area contributed by atoms with E-state index in [1.54, 1.807) is 24.5 Å². The van der Waals surface area contributed by atoms with Crippen molar-refractivity contribution < 1.29 is 9.53 Å². The smallest absolute Gasteiger partial charge is 0.244 e. The van der Waals surface area contributed by atoms with Gasteiger partial charge in [0.15, 0.2) is 0 Å². The summed E-state index contributed by atoms with van der Waals surface area (Å²) in [6.07, 6.45) is 5.91. The molecule has 0 aliphatic carbocycles. The normalized spacial score (nSPS) is 16.2. The van der Waals surface area contributed by atoms with Gasteiger partial charge in [-0.3, -0.25) is 9.69 Å². The molecule has 2 aromatic rings. The maximum Gasteiger partial charge on any atom is 0.244 e. The maximum atomic E-state index is 12.2. The van der Waals surface area contributed by atoms with Crippen LogP contribution in [0.5, 0.6) is 5.75 Å². The highest BCUT2D eigenvalue weighted by Gasteiger charge is 2.24. The SMILES string of the molecule is COc1ccc(/C=C/C(=O)NC[C@@H](c2cccs2)N2CCCC2)cc1. The van der Waals surface area contributed by atoms with E-state index in [0.717, 1.165) is 24.4 Å². The number of hydrogen-bond donors (Lipinski definition) is 1. The number of carbonyl (C=O) groups is 1. The number of nitrogens with zero attached hydrogens (tertiary/aromatic N) is 1. The van der Waals surface area contributed by atoms with Crippen molar-refractivity contribution in [3.05, 3.63) is 58.3 Å². The van der Waals surface area contributed by atoms with Crippen molar-refractivity contribution in [3.8, 4) is 5.75 Å². The fraction of sp³-hybridized carbons (Fsp3) is 0.350. The summed E-state index contributed by atoms with van der Waals surface area (Å²) in [5, 5.41) is 5.16. The molecule has 0 saturated carbocycles. The van der Waals surface area contributed by atoms with Crippen LogP contribution in [0.1, 0.15) is 29.3 Å². The average Bonchev–Trinajstić information content (AvgIpc) is 3.35. The molecule has 4 nitrogen and oxygen atoms in total. The monoisotopic (exact) mass is 356 g/mol. The zero-order chi connectivity index (χ0) is 17.5. The molecule has 1 amide bonds. The van der Waals surface area contributed by atoms with Crippen molar-refractivity contribution in [2.24, 2.45) is 0 Å². The van der Waals surface area contributed by atoms with Crippen LogP contribution in [0.15, 0.2) is 47.9 Å². The molecule has 25 heavy (non-hydrogen) atoms. The van der Waals surface area contributed by atoms with Crippen LogP contribution in [0, 0.1) is 0 Å². The number of methoxy groups -OCH3 is 1. The molecular formula is C20H24N2O2S. The summed E-state index contributed by atoms with van der Waals surface area (Å²) in [6.45, 7) is 2.87. The van der Waals surface area contributed by atoms with Gasteiger partial charge in [0.25, 0.3) is 0 Å². The Morgan fingerprint density at radius 3 is 2.68 bits per heavy atom. The Morgan fingerprint density at radius 2 is 2.04 bits per heavy atom. The lowest BCUT2D eigenvalue weighted by molar-refractivity contribution is -0.116. The zero-order valence-corrected chi connectivity index (χ0v) is 15.3. The highest BCUT2D eigenvalue weighted by Crippen LogP contribution is 2.27. The first-order valence-corrected chi connectivity index (χ1v) is 9.51. The van der Waals surface area contributed by atoms with Crippen molar-refractivity contribution in [1.82, 2.24) is 10.2 Å². The number of amides is 1. The lowest BCUT2D eigenvalue weighted by Crippen LogP contribution is -2.35. The molecule has 1 fully saturated rings. The Bertz CT molecular complexity index is 689. The molecule has 2 heterocycles. The summed E-state index contributed by atoms with van der Waals surface area (Å²) in [7, 11) is 1.64. The number of rotatable bonds is 7. The predicted molar refractivity (Wildman–Crippen MR) is 103 cm³/mol. The molecule has 1 N–H and O–H groups in total. The molecule has 1 aromatic heterocycles. The van der Waals surface area contributed by atoms with Gasteiger partial charge in [0.2, 0.25) is 5.91 Å². The van der Waals surface area contributed by atoms with E-state index in [9.17, 15) is 4.79 Å². The molecule has 1 saturated heterocycles. The number of carbonyl (C=O) groups excluding carboxylic acids is 1. The van der Waals surface area contributed by atoms with Crippen LogP contribution in [0.4, 0.5) is 0 Å². The minimum absolute atomic E-state index is 0.0587. The lowest BCUT2D eigenvalue weighted by atomic mass is 10.2. The minimum atomic E-state index is -0.0587. The van der Waals surface area contributed by atoms with E-state index in [1.165, 1.54) is 17.7 Å². The standard InChI is InChI=1S/C20H24N2O2S/c1-24-17-9-6-16(7-10-17)8-11-20(23)21-15-18(19-5-4-14-25-19)22-12-2-3-13-22/h4-11,14,18H,2-3,12-13,15H2,1H3,(H,21,23)/b11-8+/t18-/m0/s1. The van der Waals surface area contributed by atoms with Gasteiger partial charge in [-0.2, -0.15) is 0 Å². The number of thiophene rings is 1. The van der Waals surface area contributed by atoms with E-state index in [1.807, 2.05) is 30.3 Å². The molecule has 132 valence electrons. The number of nitrogens with one attached hydrogen (secondary N) is 1. The predicted octanol–water partition coefficient (Wildman–Crippen LogP) is 3.72. The maximum absolute atomic E-state index is 12.2. The second-order valence-corrected chi connectivity index (χ2v) is 7.11. The van der Waals surface area contributed by atoms with Crippen LogP contribution in [-0.4, -0.2) is 37.6 Å². The van der Waals surface area contributed by atoms with Gasteiger partial charge in [-0.1, -0.05) is 18.2 Å². The van der Waals surface area contributed by atoms with E-state index in [-0.39, 0.29) is 11.9 Å². The van der Waals surface area contributed by atoms with Gasteiger partial charge < -0.3 is 10.1 Å². The highest BCUT2D eigenvalue weighted by atomic mass is 32.1. The quantitative estimate of drug-likeness (QED) is 0.769. The van der Waals surface area contributed by atoms with Crippen molar-refractivity contribution in [1.29, 1.82) is 0 Å². The van der Waals surface area contributed by atoms with Crippen molar-refractivity contribution >= 4 is 23.3 Å². The van der Waals surface area contributed by atoms with Crippen molar-refractivity contribution in [2.45, 2.75) is 18.9 Å². The third kappa shape index (κ3) is 4.94. The molecule has 5 heteroatoms. The Labute approximate surface area is 153 Å². The minimum Gasteiger partial charge on any atom is -0.497 e. The Hall–Kier alpha value is -2.11. The fourth-order valence-electron chi connectivity index (χ4n) is 3.09. The van der Waals surface area contributed by atoms with Crippen molar-refractivity contribution in [2.75, 3.05) is 26.7 Å². The Morgan fingerprint density at radius 1 is 1.28 bits per heavy atom. The largest absolute Gasteiger partial charge is 0.497 e. The molecule has 0 spiro atoms. The number of hydrogen-bond acceptors (Lipinski definition) is 4. The van der Waals surface area contributed by atoms with Crippen molar-refractivity contribution in [3.63, 3.8) is 0 Å². The lowest BCUT2D eigenvalue weighted by Gasteiger charge is -2.26. The molecule has 3 rings (SSSR count). The van der Waals surface area contributed by atoms with Gasteiger partial charge in [0, 0.05) is 17.5 Å². The average molecular weight is 356 g/mol. The number of benzene rings is 1. The van der Waals surface area contributed by atoms with E-state index in [4.69, 9.17) is 4.74 Å². The van der Waals surface area contributed by atoms with Gasteiger partial charge in [-0.25, -0.2) is 0 Å². The second-order valence-electron chi connectivity index (χ2n) is 6.13.